The minimum absolute atomic E-state index is 0.131. The highest BCUT2D eigenvalue weighted by molar-refractivity contribution is 5.35. The number of benzene rings is 1. The van der Waals surface area contributed by atoms with Crippen LogP contribution in [0.5, 0.6) is 5.75 Å². The lowest BCUT2D eigenvalue weighted by atomic mass is 9.75. The van der Waals surface area contributed by atoms with Gasteiger partial charge in [-0.1, -0.05) is 6.07 Å². The van der Waals surface area contributed by atoms with E-state index in [1.807, 2.05) is 13.0 Å². The summed E-state index contributed by atoms with van der Waals surface area (Å²) in [6, 6.07) is 5.10. The molecule has 1 aromatic rings. The molecular formula is C14H19FO3. The molecule has 4 heteroatoms. The monoisotopic (exact) mass is 254 g/mol. The van der Waals surface area contributed by atoms with Crippen LogP contribution in [0.4, 0.5) is 4.39 Å². The van der Waals surface area contributed by atoms with Crippen LogP contribution in [0.25, 0.3) is 0 Å². The van der Waals surface area contributed by atoms with E-state index < -0.39 is 0 Å². The lowest BCUT2D eigenvalue weighted by Gasteiger charge is -2.42. The van der Waals surface area contributed by atoms with Gasteiger partial charge in [-0.05, 0) is 37.5 Å². The zero-order valence-corrected chi connectivity index (χ0v) is 10.6. The van der Waals surface area contributed by atoms with E-state index in [1.54, 1.807) is 6.07 Å². The molecule has 1 aromatic carbocycles. The molecule has 1 heterocycles. The fraction of sp³-hybridized carbons (Fsp3) is 0.571. The fourth-order valence-corrected chi connectivity index (χ4v) is 2.32. The van der Waals surface area contributed by atoms with Gasteiger partial charge in [-0.2, -0.15) is 0 Å². The number of hydrogen-bond acceptors (Lipinski definition) is 3. The number of halogens is 1. The van der Waals surface area contributed by atoms with Gasteiger partial charge in [0.1, 0.15) is 0 Å². The van der Waals surface area contributed by atoms with E-state index >= 15 is 0 Å². The van der Waals surface area contributed by atoms with E-state index in [2.05, 4.69) is 0 Å². The van der Waals surface area contributed by atoms with Gasteiger partial charge >= 0.3 is 0 Å². The van der Waals surface area contributed by atoms with E-state index in [-0.39, 0.29) is 17.8 Å². The molecule has 0 bridgehead atoms. The van der Waals surface area contributed by atoms with Crippen molar-refractivity contribution in [2.75, 3.05) is 26.4 Å². The van der Waals surface area contributed by atoms with E-state index in [1.165, 1.54) is 6.07 Å². The molecule has 0 atom stereocenters. The second-order valence-electron chi connectivity index (χ2n) is 4.68. The smallest absolute Gasteiger partial charge is 0.165 e. The molecule has 1 aliphatic heterocycles. The van der Waals surface area contributed by atoms with Crippen LogP contribution in [0.15, 0.2) is 18.2 Å². The SMILES string of the molecule is CCOc1ccc(C2(CCCO)COC2)cc1F. The summed E-state index contributed by atoms with van der Waals surface area (Å²) in [7, 11) is 0. The van der Waals surface area contributed by atoms with Gasteiger partial charge in [0.15, 0.2) is 11.6 Å². The summed E-state index contributed by atoms with van der Waals surface area (Å²) < 4.78 is 24.3. The maximum atomic E-state index is 13.8. The standard InChI is InChI=1S/C14H19FO3/c1-2-18-13-5-4-11(8-12(13)15)14(6-3-7-16)9-17-10-14/h4-5,8,16H,2-3,6-7,9-10H2,1H3. The van der Waals surface area contributed by atoms with Crippen LogP contribution in [-0.2, 0) is 10.2 Å². The predicted octanol–water partition coefficient (Wildman–Crippen LogP) is 2.26. The zero-order chi connectivity index (χ0) is 13.0. The highest BCUT2D eigenvalue weighted by atomic mass is 19.1. The predicted molar refractivity (Wildman–Crippen MR) is 66.4 cm³/mol. The molecule has 1 aliphatic rings. The van der Waals surface area contributed by atoms with Crippen LogP contribution < -0.4 is 4.74 Å². The Bertz CT molecular complexity index is 402. The molecule has 2 rings (SSSR count). The normalized spacial score (nSPS) is 17.3. The van der Waals surface area contributed by atoms with Crippen molar-refractivity contribution in [2.45, 2.75) is 25.2 Å². The average Bonchev–Trinajstić information content (AvgIpc) is 2.31. The van der Waals surface area contributed by atoms with Crippen molar-refractivity contribution in [2.24, 2.45) is 0 Å². The van der Waals surface area contributed by atoms with Crippen LogP contribution in [0.1, 0.15) is 25.3 Å². The minimum atomic E-state index is -0.329. The molecule has 1 N–H and O–H groups in total. The van der Waals surface area contributed by atoms with Crippen molar-refractivity contribution in [1.29, 1.82) is 0 Å². The molecule has 0 saturated carbocycles. The highest BCUT2D eigenvalue weighted by Gasteiger charge is 2.40. The first-order chi connectivity index (χ1) is 8.72. The van der Waals surface area contributed by atoms with Crippen LogP contribution in [-0.4, -0.2) is 31.5 Å². The molecule has 0 amide bonds. The van der Waals surface area contributed by atoms with Crippen molar-refractivity contribution >= 4 is 0 Å². The maximum absolute atomic E-state index is 13.8. The number of hydrogen-bond donors (Lipinski definition) is 1. The van der Waals surface area contributed by atoms with Gasteiger partial charge in [0, 0.05) is 12.0 Å². The second kappa shape index (κ2) is 5.67. The molecule has 18 heavy (non-hydrogen) atoms. The summed E-state index contributed by atoms with van der Waals surface area (Å²) in [4.78, 5) is 0. The van der Waals surface area contributed by atoms with Crippen LogP contribution in [0, 0.1) is 5.82 Å². The molecule has 100 valence electrons. The van der Waals surface area contributed by atoms with Gasteiger partial charge in [-0.3, -0.25) is 0 Å². The Hall–Kier alpha value is -1.13. The molecule has 1 saturated heterocycles. The second-order valence-corrected chi connectivity index (χ2v) is 4.68. The van der Waals surface area contributed by atoms with Gasteiger partial charge in [-0.25, -0.2) is 4.39 Å². The fourth-order valence-electron chi connectivity index (χ4n) is 2.32. The van der Waals surface area contributed by atoms with Crippen LogP contribution in [0.3, 0.4) is 0 Å². The Morgan fingerprint density at radius 1 is 1.44 bits per heavy atom. The third-order valence-corrected chi connectivity index (χ3v) is 3.41. The zero-order valence-electron chi connectivity index (χ0n) is 10.6. The Labute approximate surface area is 107 Å². The molecule has 0 unspecified atom stereocenters. The molecular weight excluding hydrogens is 235 g/mol. The summed E-state index contributed by atoms with van der Waals surface area (Å²) >= 11 is 0. The van der Waals surface area contributed by atoms with Gasteiger partial charge < -0.3 is 14.6 Å². The lowest BCUT2D eigenvalue weighted by molar-refractivity contribution is -0.0666. The topological polar surface area (TPSA) is 38.7 Å². The van der Waals surface area contributed by atoms with E-state index in [0.717, 1.165) is 12.0 Å². The molecule has 3 nitrogen and oxygen atoms in total. The first-order valence-corrected chi connectivity index (χ1v) is 6.33. The summed E-state index contributed by atoms with van der Waals surface area (Å²) in [5, 5.41) is 8.93. The molecule has 1 fully saturated rings. The summed E-state index contributed by atoms with van der Waals surface area (Å²) in [6.45, 7) is 3.63. The average molecular weight is 254 g/mol. The van der Waals surface area contributed by atoms with Crippen molar-refractivity contribution in [3.63, 3.8) is 0 Å². The van der Waals surface area contributed by atoms with E-state index in [9.17, 15) is 4.39 Å². The molecule has 0 radical (unpaired) electrons. The highest BCUT2D eigenvalue weighted by Crippen LogP contribution is 2.38. The summed E-state index contributed by atoms with van der Waals surface area (Å²) in [5.74, 6) is -0.0385. The van der Waals surface area contributed by atoms with Gasteiger partial charge in [-0.15, -0.1) is 0 Å². The number of aliphatic hydroxyl groups is 1. The third-order valence-electron chi connectivity index (χ3n) is 3.41. The van der Waals surface area contributed by atoms with Crippen LogP contribution >= 0.6 is 0 Å². The summed E-state index contributed by atoms with van der Waals surface area (Å²) in [5.41, 5.74) is 0.803. The van der Waals surface area contributed by atoms with Crippen molar-refractivity contribution in [1.82, 2.24) is 0 Å². The van der Waals surface area contributed by atoms with Crippen molar-refractivity contribution in [3.05, 3.63) is 29.6 Å². The lowest BCUT2D eigenvalue weighted by Crippen LogP contribution is -2.46. The van der Waals surface area contributed by atoms with Gasteiger partial charge in [0.2, 0.25) is 0 Å². The summed E-state index contributed by atoms with van der Waals surface area (Å²) in [6.07, 6.45) is 1.52. The Kier molecular flexibility index (Phi) is 4.19. The first kappa shape index (κ1) is 13.3. The number of rotatable bonds is 6. The minimum Gasteiger partial charge on any atom is -0.491 e. The van der Waals surface area contributed by atoms with Gasteiger partial charge in [0.05, 0.1) is 19.8 Å². The number of ether oxygens (including phenoxy) is 2. The van der Waals surface area contributed by atoms with Crippen LogP contribution in [0.2, 0.25) is 0 Å². The quantitative estimate of drug-likeness (QED) is 0.846. The van der Waals surface area contributed by atoms with E-state index in [0.29, 0.717) is 32.0 Å². The van der Waals surface area contributed by atoms with Crippen molar-refractivity contribution < 1.29 is 19.0 Å². The van der Waals surface area contributed by atoms with Gasteiger partial charge in [0.25, 0.3) is 0 Å². The third kappa shape index (κ3) is 2.49. The Balaban J connectivity index is 2.18. The number of aliphatic hydroxyl groups excluding tert-OH is 1. The van der Waals surface area contributed by atoms with E-state index in [4.69, 9.17) is 14.6 Å². The maximum Gasteiger partial charge on any atom is 0.165 e. The Morgan fingerprint density at radius 2 is 2.22 bits per heavy atom. The van der Waals surface area contributed by atoms with Crippen molar-refractivity contribution in [3.8, 4) is 5.75 Å². The molecule has 0 aliphatic carbocycles. The first-order valence-electron chi connectivity index (χ1n) is 6.33. The largest absolute Gasteiger partial charge is 0.491 e. The molecule has 0 aromatic heterocycles. The Morgan fingerprint density at radius 3 is 2.72 bits per heavy atom. The molecule has 0 spiro atoms.